The van der Waals surface area contributed by atoms with Crippen LogP contribution in [0, 0.1) is 5.92 Å². The van der Waals surface area contributed by atoms with Crippen molar-refractivity contribution in [1.82, 2.24) is 15.5 Å². The molecule has 1 aliphatic carbocycles. The number of nitrogens with zero attached hydrogens (tertiary/aromatic N) is 2. The Morgan fingerprint density at radius 2 is 1.86 bits per heavy atom. The van der Waals surface area contributed by atoms with Crippen LogP contribution in [0.15, 0.2) is 4.99 Å². The molecule has 0 aromatic rings. The molecule has 1 aliphatic heterocycles. The molecule has 5 heteroatoms. The summed E-state index contributed by atoms with van der Waals surface area (Å²) in [4.78, 5) is 7.03. The summed E-state index contributed by atoms with van der Waals surface area (Å²) in [6, 6.07) is 0.620. The third-order valence-corrected chi connectivity index (χ3v) is 5.12. The van der Waals surface area contributed by atoms with Gasteiger partial charge in [0.05, 0.1) is 0 Å². The van der Waals surface area contributed by atoms with Gasteiger partial charge in [-0.05, 0) is 52.0 Å². The summed E-state index contributed by atoms with van der Waals surface area (Å²) in [5.41, 5.74) is 0.183. The van der Waals surface area contributed by atoms with Gasteiger partial charge in [0.15, 0.2) is 5.96 Å². The molecule has 2 fully saturated rings. The van der Waals surface area contributed by atoms with E-state index in [9.17, 15) is 0 Å². The second kappa shape index (κ2) is 9.30. The van der Waals surface area contributed by atoms with Crippen LogP contribution < -0.4 is 10.6 Å². The first kappa shape index (κ1) is 20.0. The van der Waals surface area contributed by atoms with Gasteiger partial charge in [-0.1, -0.05) is 19.8 Å². The lowest BCUT2D eigenvalue weighted by Crippen LogP contribution is -2.56. The fourth-order valence-electron chi connectivity index (χ4n) is 3.61. The number of aliphatic imine (C=N–C) groups is 1. The van der Waals surface area contributed by atoms with Gasteiger partial charge in [0.2, 0.25) is 0 Å². The first-order chi connectivity index (χ1) is 10.0. The standard InChI is InChI=1S/C17H34N4.HI/c1-14-8-7-11-21(12-14)17(2,3)13-19-16(18-4)20-15-9-5-6-10-15;/h14-15H,5-13H2,1-4H3,(H2,18,19,20);1H. The zero-order chi connectivity index (χ0) is 15.3. The van der Waals surface area contributed by atoms with Crippen molar-refractivity contribution in [2.24, 2.45) is 10.9 Å². The average Bonchev–Trinajstić information content (AvgIpc) is 2.96. The summed E-state index contributed by atoms with van der Waals surface area (Å²) in [5.74, 6) is 1.80. The fourth-order valence-corrected chi connectivity index (χ4v) is 3.61. The predicted octanol–water partition coefficient (Wildman–Crippen LogP) is 3.22. The molecule has 0 amide bonds. The number of hydrogen-bond acceptors (Lipinski definition) is 2. The topological polar surface area (TPSA) is 39.7 Å². The highest BCUT2D eigenvalue weighted by Gasteiger charge is 2.30. The predicted molar refractivity (Wildman–Crippen MR) is 106 cm³/mol. The van der Waals surface area contributed by atoms with Crippen molar-refractivity contribution < 1.29 is 0 Å². The van der Waals surface area contributed by atoms with Gasteiger partial charge < -0.3 is 10.6 Å². The van der Waals surface area contributed by atoms with Gasteiger partial charge in [-0.2, -0.15) is 0 Å². The molecule has 2 N–H and O–H groups in total. The van der Waals surface area contributed by atoms with Gasteiger partial charge in [-0.25, -0.2) is 0 Å². The Bertz CT molecular complexity index is 351. The highest BCUT2D eigenvalue weighted by Crippen LogP contribution is 2.23. The minimum atomic E-state index is 0. The molecule has 2 aliphatic rings. The average molecular weight is 422 g/mol. The van der Waals surface area contributed by atoms with E-state index in [0.29, 0.717) is 6.04 Å². The summed E-state index contributed by atoms with van der Waals surface area (Å²) in [5, 5.41) is 7.12. The first-order valence-corrected chi connectivity index (χ1v) is 8.73. The van der Waals surface area contributed by atoms with E-state index in [2.05, 4.69) is 41.3 Å². The Morgan fingerprint density at radius 3 is 2.45 bits per heavy atom. The van der Waals surface area contributed by atoms with Gasteiger partial charge >= 0.3 is 0 Å². The van der Waals surface area contributed by atoms with E-state index in [-0.39, 0.29) is 29.5 Å². The molecule has 1 saturated heterocycles. The highest BCUT2D eigenvalue weighted by molar-refractivity contribution is 14.0. The van der Waals surface area contributed by atoms with Crippen LogP contribution in [-0.4, -0.2) is 49.1 Å². The fraction of sp³-hybridized carbons (Fsp3) is 0.941. The number of guanidine groups is 1. The quantitative estimate of drug-likeness (QED) is 0.415. The molecule has 1 heterocycles. The largest absolute Gasteiger partial charge is 0.355 e. The van der Waals surface area contributed by atoms with Crippen LogP contribution in [0.4, 0.5) is 0 Å². The number of halogens is 1. The SMILES string of the molecule is CN=C(NCC(C)(C)N1CCCC(C)C1)NC1CCCC1.I. The molecule has 2 rings (SSSR count). The summed E-state index contributed by atoms with van der Waals surface area (Å²) >= 11 is 0. The zero-order valence-corrected chi connectivity index (χ0v) is 17.2. The Balaban J connectivity index is 0.00000242. The van der Waals surface area contributed by atoms with Gasteiger partial charge in [0.1, 0.15) is 0 Å². The molecule has 0 bridgehead atoms. The number of rotatable bonds is 4. The van der Waals surface area contributed by atoms with E-state index in [4.69, 9.17) is 0 Å². The number of hydrogen-bond donors (Lipinski definition) is 2. The van der Waals surface area contributed by atoms with E-state index in [1.165, 1.54) is 51.6 Å². The van der Waals surface area contributed by atoms with Crippen LogP contribution in [0.3, 0.4) is 0 Å². The molecule has 4 nitrogen and oxygen atoms in total. The van der Waals surface area contributed by atoms with E-state index in [1.54, 1.807) is 0 Å². The normalized spacial score (nSPS) is 24.9. The summed E-state index contributed by atoms with van der Waals surface area (Å²) in [7, 11) is 1.88. The molecule has 0 aromatic carbocycles. The van der Waals surface area contributed by atoms with E-state index >= 15 is 0 Å². The minimum absolute atomic E-state index is 0. The summed E-state index contributed by atoms with van der Waals surface area (Å²) in [6.45, 7) is 10.5. The van der Waals surface area contributed by atoms with Crippen molar-refractivity contribution in [3.05, 3.63) is 0 Å². The lowest BCUT2D eigenvalue weighted by Gasteiger charge is -2.43. The molecule has 1 saturated carbocycles. The van der Waals surface area contributed by atoms with Crippen molar-refractivity contribution in [1.29, 1.82) is 0 Å². The van der Waals surface area contributed by atoms with Crippen LogP contribution in [0.5, 0.6) is 0 Å². The molecular formula is C17H35IN4. The molecule has 1 unspecified atom stereocenters. The first-order valence-electron chi connectivity index (χ1n) is 8.73. The number of nitrogens with one attached hydrogen (secondary N) is 2. The zero-order valence-electron chi connectivity index (χ0n) is 14.8. The van der Waals surface area contributed by atoms with E-state index in [1.807, 2.05) is 7.05 Å². The molecule has 130 valence electrons. The van der Waals surface area contributed by atoms with Crippen LogP contribution in [0.2, 0.25) is 0 Å². The summed E-state index contributed by atoms with van der Waals surface area (Å²) < 4.78 is 0. The molecular weight excluding hydrogens is 387 g/mol. The molecule has 0 spiro atoms. The van der Waals surface area contributed by atoms with Crippen molar-refractivity contribution in [2.75, 3.05) is 26.7 Å². The Morgan fingerprint density at radius 1 is 1.18 bits per heavy atom. The van der Waals surface area contributed by atoms with Crippen LogP contribution in [-0.2, 0) is 0 Å². The van der Waals surface area contributed by atoms with Gasteiger partial charge in [0.25, 0.3) is 0 Å². The Hall–Kier alpha value is -0.0400. The van der Waals surface area contributed by atoms with Crippen molar-refractivity contribution in [3.63, 3.8) is 0 Å². The maximum absolute atomic E-state index is 4.39. The monoisotopic (exact) mass is 422 g/mol. The smallest absolute Gasteiger partial charge is 0.191 e. The van der Waals surface area contributed by atoms with Crippen LogP contribution in [0.1, 0.15) is 59.3 Å². The third-order valence-electron chi connectivity index (χ3n) is 5.12. The number of piperidine rings is 1. The third kappa shape index (κ3) is 5.87. The Labute approximate surface area is 153 Å². The van der Waals surface area contributed by atoms with Crippen molar-refractivity contribution in [3.8, 4) is 0 Å². The molecule has 1 atom stereocenters. The summed E-state index contributed by atoms with van der Waals surface area (Å²) in [6.07, 6.45) is 7.99. The van der Waals surface area contributed by atoms with Gasteiger partial charge in [-0.3, -0.25) is 9.89 Å². The maximum atomic E-state index is 4.39. The van der Waals surface area contributed by atoms with Crippen LogP contribution >= 0.6 is 24.0 Å². The second-order valence-corrected chi connectivity index (χ2v) is 7.56. The van der Waals surface area contributed by atoms with E-state index in [0.717, 1.165) is 18.4 Å². The van der Waals surface area contributed by atoms with Gasteiger partial charge in [0, 0.05) is 31.7 Å². The highest BCUT2D eigenvalue weighted by atomic mass is 127. The van der Waals surface area contributed by atoms with Crippen molar-refractivity contribution in [2.45, 2.75) is 70.9 Å². The lowest BCUT2D eigenvalue weighted by atomic mass is 9.93. The van der Waals surface area contributed by atoms with Gasteiger partial charge in [-0.15, -0.1) is 24.0 Å². The molecule has 0 aromatic heterocycles. The second-order valence-electron chi connectivity index (χ2n) is 7.56. The molecule has 0 radical (unpaired) electrons. The minimum Gasteiger partial charge on any atom is -0.355 e. The van der Waals surface area contributed by atoms with Crippen LogP contribution in [0.25, 0.3) is 0 Å². The van der Waals surface area contributed by atoms with Crippen molar-refractivity contribution >= 4 is 29.9 Å². The molecule has 22 heavy (non-hydrogen) atoms. The maximum Gasteiger partial charge on any atom is 0.191 e. The van der Waals surface area contributed by atoms with E-state index < -0.39 is 0 Å². The lowest BCUT2D eigenvalue weighted by molar-refractivity contribution is 0.0739. The Kier molecular flexibility index (Phi) is 8.46. The number of likely N-dealkylation sites (tertiary alicyclic amines) is 1.